The minimum Gasteiger partial charge on any atom is -0.465 e. The van der Waals surface area contributed by atoms with Gasteiger partial charge in [-0.05, 0) is 50.2 Å². The van der Waals surface area contributed by atoms with Crippen LogP contribution in [0.25, 0.3) is 10.2 Å². The monoisotopic (exact) mass is 464 g/mol. The zero-order valence-corrected chi connectivity index (χ0v) is 18.8. The van der Waals surface area contributed by atoms with Crippen LogP contribution in [-0.2, 0) is 19.5 Å². The van der Waals surface area contributed by atoms with Crippen molar-refractivity contribution in [3.63, 3.8) is 0 Å². The molecule has 0 spiro atoms. The van der Waals surface area contributed by atoms with Gasteiger partial charge in [0.1, 0.15) is 0 Å². The number of rotatable bonds is 6. The largest absolute Gasteiger partial charge is 0.465 e. The second-order valence-corrected chi connectivity index (χ2v) is 9.49. The summed E-state index contributed by atoms with van der Waals surface area (Å²) in [4.78, 5) is 35.9. The summed E-state index contributed by atoms with van der Waals surface area (Å²) in [7, 11) is -1.81. The van der Waals surface area contributed by atoms with E-state index in [1.807, 2.05) is 13.8 Å². The number of sulfonamides is 1. The molecule has 11 heteroatoms. The predicted octanol–water partition coefficient (Wildman–Crippen LogP) is 3.02. The van der Waals surface area contributed by atoms with Gasteiger partial charge in [-0.1, -0.05) is 11.3 Å². The number of thiazole rings is 1. The molecule has 0 saturated heterocycles. The first-order valence-electron chi connectivity index (χ1n) is 9.07. The van der Waals surface area contributed by atoms with Crippen molar-refractivity contribution in [3.05, 3.63) is 57.2 Å². The number of benzene rings is 2. The number of carbonyl (C=O) groups is 2. The van der Waals surface area contributed by atoms with Gasteiger partial charge in [0.05, 0.1) is 46.1 Å². The highest BCUT2D eigenvalue weighted by Gasteiger charge is 2.22. The highest BCUT2D eigenvalue weighted by atomic mass is 32.2. The van der Waals surface area contributed by atoms with Crippen LogP contribution in [0.1, 0.15) is 40.6 Å². The van der Waals surface area contributed by atoms with Gasteiger partial charge in [0.2, 0.25) is 0 Å². The van der Waals surface area contributed by atoms with Crippen LogP contribution >= 0.6 is 11.3 Å². The van der Waals surface area contributed by atoms with Crippen molar-refractivity contribution in [3.8, 4) is 0 Å². The molecular weight excluding hydrogens is 444 g/mol. The summed E-state index contributed by atoms with van der Waals surface area (Å²) in [5.41, 5.74) is 0.473. The Hall–Kier alpha value is -3.18. The molecule has 0 saturated carbocycles. The van der Waals surface area contributed by atoms with E-state index < -0.39 is 22.0 Å². The summed E-state index contributed by atoms with van der Waals surface area (Å²) >= 11 is 0.945. The average molecular weight is 465 g/mol. The zero-order valence-electron chi connectivity index (χ0n) is 17.2. The molecule has 0 amide bonds. The molecule has 2 aromatic carbocycles. The summed E-state index contributed by atoms with van der Waals surface area (Å²) < 4.78 is 39.8. The molecule has 0 radical (unpaired) electrons. The van der Waals surface area contributed by atoms with Gasteiger partial charge < -0.3 is 9.47 Å². The Morgan fingerprint density at radius 3 is 2.32 bits per heavy atom. The van der Waals surface area contributed by atoms with E-state index in [1.54, 1.807) is 10.6 Å². The molecule has 3 aromatic rings. The van der Waals surface area contributed by atoms with Crippen molar-refractivity contribution in [2.45, 2.75) is 24.8 Å². The number of ether oxygens (including phenoxy) is 2. The summed E-state index contributed by atoms with van der Waals surface area (Å²) in [6.07, 6.45) is 0. The van der Waals surface area contributed by atoms with Gasteiger partial charge in [0.15, 0.2) is 0 Å². The molecule has 0 aliphatic rings. The first-order chi connectivity index (χ1) is 14.6. The lowest BCUT2D eigenvalue weighted by Crippen LogP contribution is -2.17. The lowest BCUT2D eigenvalue weighted by molar-refractivity contribution is 0.0587. The molecular formula is C20H20N2O7S2. The Bertz CT molecular complexity index is 1340. The normalized spacial score (nSPS) is 11.5. The van der Waals surface area contributed by atoms with E-state index in [2.05, 4.69) is 9.46 Å². The van der Waals surface area contributed by atoms with Gasteiger partial charge in [0.25, 0.3) is 10.0 Å². The number of hydrogen-bond donors (Lipinski definition) is 1. The van der Waals surface area contributed by atoms with E-state index in [0.29, 0.717) is 10.2 Å². The number of fused-ring (bicyclic) bond motifs is 1. The summed E-state index contributed by atoms with van der Waals surface area (Å²) in [5, 5.41) is 0. The molecule has 1 N–H and O–H groups in total. The second-order valence-electron chi connectivity index (χ2n) is 6.81. The van der Waals surface area contributed by atoms with Crippen LogP contribution in [-0.4, -0.2) is 39.1 Å². The second kappa shape index (κ2) is 8.52. The van der Waals surface area contributed by atoms with Crippen molar-refractivity contribution >= 4 is 49.2 Å². The molecule has 1 aromatic heterocycles. The molecule has 0 unspecified atom stereocenters. The third-order valence-corrected chi connectivity index (χ3v) is 6.78. The molecule has 1 heterocycles. The number of methoxy groups -OCH3 is 2. The third kappa shape index (κ3) is 4.32. The third-order valence-electron chi connectivity index (χ3n) is 4.50. The fourth-order valence-electron chi connectivity index (χ4n) is 3.04. The first-order valence-corrected chi connectivity index (χ1v) is 11.4. The van der Waals surface area contributed by atoms with Crippen LogP contribution < -0.4 is 9.60 Å². The van der Waals surface area contributed by atoms with Crippen molar-refractivity contribution in [1.29, 1.82) is 0 Å². The van der Waals surface area contributed by atoms with Crippen LogP contribution in [0.2, 0.25) is 0 Å². The van der Waals surface area contributed by atoms with E-state index in [1.165, 1.54) is 37.4 Å². The molecule has 3 rings (SSSR count). The Morgan fingerprint density at radius 2 is 1.71 bits per heavy atom. The molecule has 0 atom stereocenters. The maximum atomic E-state index is 13.0. The van der Waals surface area contributed by atoms with Gasteiger partial charge in [-0.3, -0.25) is 14.1 Å². The average Bonchev–Trinajstić information content (AvgIpc) is 3.07. The zero-order chi connectivity index (χ0) is 22.9. The standard InChI is InChI=1S/C20H20N2O7S2/c1-11(2)22-16-8-6-13(10-17(16)30-20(22)25)31(26,27)21-15-9-12(18(23)28-3)5-7-14(15)19(24)29-4/h5-11,21H,1-4H3. The summed E-state index contributed by atoms with van der Waals surface area (Å²) in [6, 6.07) is 8.05. The molecule has 0 aliphatic carbocycles. The lowest BCUT2D eigenvalue weighted by atomic mass is 10.1. The SMILES string of the molecule is COC(=O)c1ccc(C(=O)OC)c(NS(=O)(=O)c2ccc3c(c2)sc(=O)n3C(C)C)c1. The predicted molar refractivity (Wildman–Crippen MR) is 116 cm³/mol. The molecule has 0 fully saturated rings. The molecule has 9 nitrogen and oxygen atoms in total. The van der Waals surface area contributed by atoms with Gasteiger partial charge in [-0.15, -0.1) is 0 Å². The van der Waals surface area contributed by atoms with Crippen LogP contribution in [0.5, 0.6) is 0 Å². The van der Waals surface area contributed by atoms with E-state index in [-0.39, 0.29) is 32.6 Å². The topological polar surface area (TPSA) is 121 Å². The van der Waals surface area contributed by atoms with Crippen molar-refractivity contribution < 1.29 is 27.5 Å². The maximum Gasteiger partial charge on any atom is 0.339 e. The summed E-state index contributed by atoms with van der Waals surface area (Å²) in [5.74, 6) is -1.48. The van der Waals surface area contributed by atoms with Gasteiger partial charge in [-0.2, -0.15) is 0 Å². The Morgan fingerprint density at radius 1 is 1.03 bits per heavy atom. The summed E-state index contributed by atoms with van der Waals surface area (Å²) in [6.45, 7) is 3.73. The molecule has 0 aliphatic heterocycles. The number of carbonyl (C=O) groups excluding carboxylic acids is 2. The quantitative estimate of drug-likeness (QED) is 0.557. The highest BCUT2D eigenvalue weighted by molar-refractivity contribution is 7.92. The van der Waals surface area contributed by atoms with E-state index >= 15 is 0 Å². The Kier molecular flexibility index (Phi) is 6.18. The smallest absolute Gasteiger partial charge is 0.339 e. The number of esters is 2. The maximum absolute atomic E-state index is 13.0. The van der Waals surface area contributed by atoms with Crippen LogP contribution in [0.4, 0.5) is 5.69 Å². The molecule has 0 bridgehead atoms. The number of anilines is 1. The lowest BCUT2D eigenvalue weighted by Gasteiger charge is -2.13. The Labute approximate surface area is 182 Å². The van der Waals surface area contributed by atoms with Crippen LogP contribution in [0.3, 0.4) is 0 Å². The number of nitrogens with zero attached hydrogens (tertiary/aromatic N) is 1. The molecule has 164 valence electrons. The van der Waals surface area contributed by atoms with Crippen LogP contribution in [0.15, 0.2) is 46.1 Å². The fourth-order valence-corrected chi connectivity index (χ4v) is 5.26. The number of nitrogens with one attached hydrogen (secondary N) is 1. The number of hydrogen-bond acceptors (Lipinski definition) is 8. The van der Waals surface area contributed by atoms with Gasteiger partial charge >= 0.3 is 16.8 Å². The first kappa shape index (κ1) is 22.5. The highest BCUT2D eigenvalue weighted by Crippen LogP contribution is 2.27. The minimum atomic E-state index is -4.16. The van der Waals surface area contributed by atoms with Crippen molar-refractivity contribution in [2.75, 3.05) is 18.9 Å². The van der Waals surface area contributed by atoms with E-state index in [9.17, 15) is 22.8 Å². The van der Waals surface area contributed by atoms with Crippen molar-refractivity contribution in [2.24, 2.45) is 0 Å². The van der Waals surface area contributed by atoms with Crippen LogP contribution in [0, 0.1) is 0 Å². The minimum absolute atomic E-state index is 0.0514. The Balaban J connectivity index is 2.08. The van der Waals surface area contributed by atoms with Crippen molar-refractivity contribution in [1.82, 2.24) is 4.57 Å². The number of aromatic nitrogens is 1. The van der Waals surface area contributed by atoms with E-state index in [0.717, 1.165) is 18.4 Å². The van der Waals surface area contributed by atoms with Gasteiger partial charge in [0, 0.05) is 6.04 Å². The molecule has 31 heavy (non-hydrogen) atoms. The fraction of sp³-hybridized carbons (Fsp3) is 0.250. The van der Waals surface area contributed by atoms with E-state index in [4.69, 9.17) is 4.74 Å². The van der Waals surface area contributed by atoms with Gasteiger partial charge in [-0.25, -0.2) is 18.0 Å².